The Balaban J connectivity index is 1.51. The first-order valence-electron chi connectivity index (χ1n) is 8.40. The number of ether oxygens (including phenoxy) is 1. The molecule has 5 nitrogen and oxygen atoms in total. The molecule has 1 amide bonds. The lowest BCUT2D eigenvalue weighted by Crippen LogP contribution is -2.43. The van der Waals surface area contributed by atoms with Crippen LogP contribution < -0.4 is 4.74 Å². The summed E-state index contributed by atoms with van der Waals surface area (Å²) in [7, 11) is 0. The van der Waals surface area contributed by atoms with Crippen LogP contribution in [0.2, 0.25) is 0 Å². The van der Waals surface area contributed by atoms with Crippen molar-refractivity contribution in [1.82, 2.24) is 4.90 Å². The Morgan fingerprint density at radius 3 is 3.00 bits per heavy atom. The van der Waals surface area contributed by atoms with Crippen molar-refractivity contribution in [2.24, 2.45) is 11.8 Å². The van der Waals surface area contributed by atoms with Gasteiger partial charge in [-0.3, -0.25) is 4.79 Å². The lowest BCUT2D eigenvalue weighted by atomic mass is 9.94. The Bertz CT molecular complexity index is 656. The quantitative estimate of drug-likeness (QED) is 0.925. The molecule has 1 N–H and O–H groups in total. The summed E-state index contributed by atoms with van der Waals surface area (Å²) < 4.78 is 5.48. The normalized spacial score (nSPS) is 28.3. The SMILES string of the molecule is O=C(O)[C@@H]1[C@@H]2CCC[C@@H]2CN1C(=O)Cc1ccc2c(c1)CCO2. The van der Waals surface area contributed by atoms with E-state index in [9.17, 15) is 14.7 Å². The van der Waals surface area contributed by atoms with E-state index >= 15 is 0 Å². The molecule has 0 bridgehead atoms. The van der Waals surface area contributed by atoms with Crippen LogP contribution in [0.4, 0.5) is 0 Å². The fourth-order valence-corrected chi connectivity index (χ4v) is 4.50. The Labute approximate surface area is 135 Å². The van der Waals surface area contributed by atoms with Gasteiger partial charge in [-0.2, -0.15) is 0 Å². The van der Waals surface area contributed by atoms with E-state index in [-0.39, 0.29) is 18.2 Å². The van der Waals surface area contributed by atoms with E-state index in [1.807, 2.05) is 18.2 Å². The molecule has 0 unspecified atom stereocenters. The predicted molar refractivity (Wildman–Crippen MR) is 83.3 cm³/mol. The number of carbonyl (C=O) groups excluding carboxylic acids is 1. The van der Waals surface area contributed by atoms with Crippen molar-refractivity contribution in [2.45, 2.75) is 38.1 Å². The molecule has 0 aromatic heterocycles. The second-order valence-electron chi connectivity index (χ2n) is 6.90. The molecule has 4 rings (SSSR count). The first-order chi connectivity index (χ1) is 11.1. The van der Waals surface area contributed by atoms with Gasteiger partial charge in [-0.1, -0.05) is 18.6 Å². The number of carbonyl (C=O) groups is 2. The maximum Gasteiger partial charge on any atom is 0.326 e. The fraction of sp³-hybridized carbons (Fsp3) is 0.556. The highest BCUT2D eigenvalue weighted by Crippen LogP contribution is 2.42. The topological polar surface area (TPSA) is 66.8 Å². The van der Waals surface area contributed by atoms with E-state index < -0.39 is 12.0 Å². The van der Waals surface area contributed by atoms with Crippen molar-refractivity contribution in [2.75, 3.05) is 13.2 Å². The smallest absolute Gasteiger partial charge is 0.326 e. The van der Waals surface area contributed by atoms with Crippen LogP contribution in [0.5, 0.6) is 5.75 Å². The zero-order chi connectivity index (χ0) is 16.0. The van der Waals surface area contributed by atoms with E-state index in [4.69, 9.17) is 4.74 Å². The van der Waals surface area contributed by atoms with Gasteiger partial charge in [0.25, 0.3) is 0 Å². The molecule has 0 spiro atoms. The zero-order valence-corrected chi connectivity index (χ0v) is 13.0. The van der Waals surface area contributed by atoms with E-state index in [0.717, 1.165) is 42.6 Å². The number of amides is 1. The largest absolute Gasteiger partial charge is 0.493 e. The van der Waals surface area contributed by atoms with Crippen LogP contribution in [0.25, 0.3) is 0 Å². The Kier molecular flexibility index (Phi) is 3.51. The second-order valence-corrected chi connectivity index (χ2v) is 6.90. The molecule has 3 atom stereocenters. The summed E-state index contributed by atoms with van der Waals surface area (Å²) in [5.74, 6) is 0.499. The molecule has 1 aliphatic carbocycles. The second kappa shape index (κ2) is 5.55. The number of likely N-dealkylation sites (tertiary alicyclic amines) is 1. The molecule has 23 heavy (non-hydrogen) atoms. The van der Waals surface area contributed by atoms with Crippen LogP contribution in [-0.4, -0.2) is 41.1 Å². The van der Waals surface area contributed by atoms with Crippen LogP contribution in [0, 0.1) is 11.8 Å². The number of carboxylic acid groups (broad SMARTS) is 1. The maximum absolute atomic E-state index is 12.7. The van der Waals surface area contributed by atoms with Gasteiger partial charge in [0.15, 0.2) is 0 Å². The minimum Gasteiger partial charge on any atom is -0.493 e. The summed E-state index contributed by atoms with van der Waals surface area (Å²) in [5, 5.41) is 9.56. The van der Waals surface area contributed by atoms with Gasteiger partial charge >= 0.3 is 5.97 Å². The minimum absolute atomic E-state index is 0.0642. The van der Waals surface area contributed by atoms with Crippen molar-refractivity contribution in [3.8, 4) is 5.75 Å². The molecule has 122 valence electrons. The molecule has 1 saturated carbocycles. The van der Waals surface area contributed by atoms with Crippen LogP contribution in [0.1, 0.15) is 30.4 Å². The molecule has 5 heteroatoms. The fourth-order valence-electron chi connectivity index (χ4n) is 4.50. The first-order valence-corrected chi connectivity index (χ1v) is 8.40. The molecule has 3 aliphatic rings. The van der Waals surface area contributed by atoms with Crippen LogP contribution in [0.15, 0.2) is 18.2 Å². The predicted octanol–water partition coefficient (Wildman–Crippen LogP) is 1.88. The first kappa shape index (κ1) is 14.5. The monoisotopic (exact) mass is 315 g/mol. The average molecular weight is 315 g/mol. The summed E-state index contributed by atoms with van der Waals surface area (Å²) in [4.78, 5) is 26.0. The van der Waals surface area contributed by atoms with Gasteiger partial charge in [-0.25, -0.2) is 4.79 Å². The van der Waals surface area contributed by atoms with Crippen LogP contribution in [0.3, 0.4) is 0 Å². The average Bonchev–Trinajstić information content (AvgIpc) is 3.20. The van der Waals surface area contributed by atoms with Gasteiger partial charge < -0.3 is 14.7 Å². The van der Waals surface area contributed by atoms with E-state index in [0.29, 0.717) is 19.1 Å². The van der Waals surface area contributed by atoms with Crippen molar-refractivity contribution in [3.63, 3.8) is 0 Å². The van der Waals surface area contributed by atoms with Gasteiger partial charge in [0, 0.05) is 13.0 Å². The van der Waals surface area contributed by atoms with Gasteiger partial charge in [0.1, 0.15) is 11.8 Å². The maximum atomic E-state index is 12.7. The Morgan fingerprint density at radius 1 is 1.30 bits per heavy atom. The van der Waals surface area contributed by atoms with Gasteiger partial charge in [0.05, 0.1) is 13.0 Å². The Morgan fingerprint density at radius 2 is 2.17 bits per heavy atom. The van der Waals surface area contributed by atoms with Gasteiger partial charge in [0.2, 0.25) is 5.91 Å². The number of benzene rings is 1. The van der Waals surface area contributed by atoms with Crippen molar-refractivity contribution >= 4 is 11.9 Å². The lowest BCUT2D eigenvalue weighted by Gasteiger charge is -2.24. The van der Waals surface area contributed by atoms with Crippen LogP contribution in [-0.2, 0) is 22.4 Å². The third-order valence-corrected chi connectivity index (χ3v) is 5.57. The number of nitrogens with zero attached hydrogens (tertiary/aromatic N) is 1. The lowest BCUT2D eigenvalue weighted by molar-refractivity contribution is -0.149. The van der Waals surface area contributed by atoms with Gasteiger partial charge in [-0.05, 0) is 41.9 Å². The molecule has 0 radical (unpaired) electrons. The number of hydrogen-bond donors (Lipinski definition) is 1. The third kappa shape index (κ3) is 2.48. The van der Waals surface area contributed by atoms with Crippen molar-refractivity contribution in [1.29, 1.82) is 0 Å². The van der Waals surface area contributed by atoms with Crippen molar-refractivity contribution < 1.29 is 19.4 Å². The van der Waals surface area contributed by atoms with Gasteiger partial charge in [-0.15, -0.1) is 0 Å². The number of carboxylic acids is 1. The summed E-state index contributed by atoms with van der Waals surface area (Å²) in [5.41, 5.74) is 2.09. The van der Waals surface area contributed by atoms with Crippen LogP contribution >= 0.6 is 0 Å². The van der Waals surface area contributed by atoms with E-state index in [2.05, 4.69) is 0 Å². The number of rotatable bonds is 3. The molecule has 2 fully saturated rings. The summed E-state index contributed by atoms with van der Waals surface area (Å²) in [6, 6.07) is 5.22. The zero-order valence-electron chi connectivity index (χ0n) is 13.0. The molecular formula is C18H21NO4. The molecule has 1 aromatic rings. The minimum atomic E-state index is -0.852. The summed E-state index contributed by atoms with van der Waals surface area (Å²) in [6.07, 6.45) is 4.22. The standard InChI is InChI=1S/C18H21NO4/c20-16(9-11-4-5-15-12(8-11)6-7-23-15)19-10-13-2-1-3-14(13)17(19)18(21)22/h4-5,8,13-14,17H,1-3,6-7,9-10H2,(H,21,22)/t13-,14-,17+/m1/s1. The number of hydrogen-bond acceptors (Lipinski definition) is 3. The van der Waals surface area contributed by atoms with E-state index in [1.165, 1.54) is 0 Å². The summed E-state index contributed by atoms with van der Waals surface area (Å²) >= 11 is 0. The third-order valence-electron chi connectivity index (χ3n) is 5.57. The molecule has 1 saturated heterocycles. The molecule has 1 aromatic carbocycles. The number of fused-ring (bicyclic) bond motifs is 2. The number of aliphatic carboxylic acids is 1. The van der Waals surface area contributed by atoms with Crippen molar-refractivity contribution in [3.05, 3.63) is 29.3 Å². The molecular weight excluding hydrogens is 294 g/mol. The summed E-state index contributed by atoms with van der Waals surface area (Å²) in [6.45, 7) is 1.30. The highest BCUT2D eigenvalue weighted by molar-refractivity contribution is 5.86. The highest BCUT2D eigenvalue weighted by atomic mass is 16.5. The Hall–Kier alpha value is -2.04. The molecule has 2 aliphatic heterocycles. The highest BCUT2D eigenvalue weighted by Gasteiger charge is 2.49. The van der Waals surface area contributed by atoms with E-state index in [1.54, 1.807) is 4.90 Å². The molecule has 2 heterocycles.